The summed E-state index contributed by atoms with van der Waals surface area (Å²) in [6.45, 7) is 0. The van der Waals surface area contributed by atoms with Crippen molar-refractivity contribution in [1.29, 1.82) is 0 Å². The van der Waals surface area contributed by atoms with Crippen LogP contribution in [0, 0.1) is 0 Å². The second kappa shape index (κ2) is 1.92. The number of fused-ring (bicyclic) bond motifs is 1. The Hall–Kier alpha value is -1.64. The van der Waals surface area contributed by atoms with Gasteiger partial charge in [0, 0.05) is 5.39 Å². The standard InChI is InChI=1S/C8H7NO2/c9-7-6(10)2-1-5-3-4-11-8(5)7/h1-4,10H,9H2. The second-order valence-corrected chi connectivity index (χ2v) is 2.34. The summed E-state index contributed by atoms with van der Waals surface area (Å²) in [5.74, 6) is 0.0625. The molecule has 0 bridgehead atoms. The second-order valence-electron chi connectivity index (χ2n) is 2.34. The van der Waals surface area contributed by atoms with Crippen molar-refractivity contribution in [1.82, 2.24) is 0 Å². The zero-order valence-corrected chi connectivity index (χ0v) is 5.74. The molecule has 0 aliphatic rings. The summed E-state index contributed by atoms with van der Waals surface area (Å²) < 4.78 is 5.04. The predicted molar refractivity (Wildman–Crippen MR) is 42.3 cm³/mol. The molecule has 3 nitrogen and oxygen atoms in total. The molecule has 0 fully saturated rings. The van der Waals surface area contributed by atoms with E-state index in [4.69, 9.17) is 15.3 Å². The van der Waals surface area contributed by atoms with Gasteiger partial charge in [-0.3, -0.25) is 0 Å². The van der Waals surface area contributed by atoms with Crippen LogP contribution >= 0.6 is 0 Å². The smallest absolute Gasteiger partial charge is 0.160 e. The van der Waals surface area contributed by atoms with E-state index in [9.17, 15) is 0 Å². The van der Waals surface area contributed by atoms with E-state index in [1.165, 1.54) is 0 Å². The van der Waals surface area contributed by atoms with E-state index in [-0.39, 0.29) is 5.75 Å². The van der Waals surface area contributed by atoms with Gasteiger partial charge in [-0.25, -0.2) is 0 Å². The average molecular weight is 149 g/mol. The highest BCUT2D eigenvalue weighted by Crippen LogP contribution is 2.29. The summed E-state index contributed by atoms with van der Waals surface area (Å²) in [4.78, 5) is 0. The number of hydrogen-bond acceptors (Lipinski definition) is 3. The van der Waals surface area contributed by atoms with Crippen LogP contribution in [0.4, 0.5) is 5.69 Å². The molecule has 1 aromatic carbocycles. The number of furan rings is 1. The molecule has 1 heterocycles. The van der Waals surface area contributed by atoms with Crippen LogP contribution in [-0.2, 0) is 0 Å². The first-order valence-corrected chi connectivity index (χ1v) is 3.23. The van der Waals surface area contributed by atoms with Crippen LogP contribution in [0.3, 0.4) is 0 Å². The zero-order valence-electron chi connectivity index (χ0n) is 5.74. The fraction of sp³-hybridized carbons (Fsp3) is 0. The van der Waals surface area contributed by atoms with Gasteiger partial charge in [0.25, 0.3) is 0 Å². The van der Waals surface area contributed by atoms with Gasteiger partial charge in [-0.2, -0.15) is 0 Å². The summed E-state index contributed by atoms with van der Waals surface area (Å²) in [5, 5.41) is 10.1. The third kappa shape index (κ3) is 0.741. The Labute approximate surface area is 63.0 Å². The molecular formula is C8H7NO2. The van der Waals surface area contributed by atoms with E-state index in [2.05, 4.69) is 0 Å². The SMILES string of the molecule is Nc1c(O)ccc2ccoc12. The number of hydrogen-bond donors (Lipinski definition) is 2. The van der Waals surface area contributed by atoms with E-state index in [0.717, 1.165) is 5.39 Å². The quantitative estimate of drug-likeness (QED) is 0.443. The van der Waals surface area contributed by atoms with E-state index >= 15 is 0 Å². The number of phenolic OH excluding ortho intramolecular Hbond substituents is 1. The van der Waals surface area contributed by atoms with Gasteiger partial charge in [0.1, 0.15) is 11.4 Å². The number of benzene rings is 1. The Morgan fingerprint density at radius 2 is 2.09 bits per heavy atom. The van der Waals surface area contributed by atoms with Gasteiger partial charge in [0.05, 0.1) is 6.26 Å². The summed E-state index contributed by atoms with van der Waals surface area (Å²) in [5.41, 5.74) is 6.36. The molecule has 0 spiro atoms. The third-order valence-corrected chi connectivity index (χ3v) is 1.64. The van der Waals surface area contributed by atoms with Crippen molar-refractivity contribution in [2.24, 2.45) is 0 Å². The number of anilines is 1. The lowest BCUT2D eigenvalue weighted by atomic mass is 10.2. The van der Waals surface area contributed by atoms with E-state index in [1.807, 2.05) is 0 Å². The summed E-state index contributed by atoms with van der Waals surface area (Å²) in [7, 11) is 0. The van der Waals surface area contributed by atoms with E-state index < -0.39 is 0 Å². The molecule has 0 saturated heterocycles. The molecule has 11 heavy (non-hydrogen) atoms. The number of phenols is 1. The van der Waals surface area contributed by atoms with Crippen LogP contribution in [0.2, 0.25) is 0 Å². The summed E-state index contributed by atoms with van der Waals surface area (Å²) in [6, 6.07) is 5.10. The molecule has 0 aliphatic carbocycles. The Balaban J connectivity index is 2.93. The zero-order chi connectivity index (χ0) is 7.84. The van der Waals surface area contributed by atoms with Gasteiger partial charge in [0.15, 0.2) is 5.58 Å². The highest BCUT2D eigenvalue weighted by molar-refractivity contribution is 5.90. The van der Waals surface area contributed by atoms with Crippen molar-refractivity contribution < 1.29 is 9.52 Å². The van der Waals surface area contributed by atoms with Crippen molar-refractivity contribution in [3.63, 3.8) is 0 Å². The molecule has 0 radical (unpaired) electrons. The van der Waals surface area contributed by atoms with Gasteiger partial charge >= 0.3 is 0 Å². The van der Waals surface area contributed by atoms with Crippen molar-refractivity contribution in [2.45, 2.75) is 0 Å². The summed E-state index contributed by atoms with van der Waals surface area (Å²) >= 11 is 0. The van der Waals surface area contributed by atoms with Crippen LogP contribution < -0.4 is 5.73 Å². The lowest BCUT2D eigenvalue weighted by molar-refractivity contribution is 0.477. The minimum Gasteiger partial charge on any atom is -0.506 e. The van der Waals surface area contributed by atoms with E-state index in [1.54, 1.807) is 24.5 Å². The molecule has 2 rings (SSSR count). The molecule has 3 N–H and O–H groups in total. The maximum absolute atomic E-state index is 9.15. The van der Waals surface area contributed by atoms with Crippen LogP contribution in [0.25, 0.3) is 11.0 Å². The number of rotatable bonds is 0. The lowest BCUT2D eigenvalue weighted by Gasteiger charge is -1.96. The molecular weight excluding hydrogens is 142 g/mol. The Bertz CT molecular complexity index is 392. The van der Waals surface area contributed by atoms with Gasteiger partial charge < -0.3 is 15.3 Å². The molecule has 0 atom stereocenters. The van der Waals surface area contributed by atoms with Crippen LogP contribution in [0.1, 0.15) is 0 Å². The van der Waals surface area contributed by atoms with Gasteiger partial charge in [-0.1, -0.05) is 0 Å². The predicted octanol–water partition coefficient (Wildman–Crippen LogP) is 1.72. The molecule has 3 heteroatoms. The van der Waals surface area contributed by atoms with E-state index in [0.29, 0.717) is 11.3 Å². The van der Waals surface area contributed by atoms with Crippen molar-refractivity contribution in [3.8, 4) is 5.75 Å². The Morgan fingerprint density at radius 1 is 1.27 bits per heavy atom. The molecule has 0 aliphatic heterocycles. The van der Waals surface area contributed by atoms with Gasteiger partial charge in [0.2, 0.25) is 0 Å². The monoisotopic (exact) mass is 149 g/mol. The fourth-order valence-electron chi connectivity index (χ4n) is 1.04. The molecule has 0 saturated carbocycles. The first kappa shape index (κ1) is 6.09. The topological polar surface area (TPSA) is 59.4 Å². The first-order valence-electron chi connectivity index (χ1n) is 3.23. The van der Waals surface area contributed by atoms with Gasteiger partial charge in [-0.05, 0) is 18.2 Å². The largest absolute Gasteiger partial charge is 0.506 e. The number of nitrogens with two attached hydrogens (primary N) is 1. The first-order chi connectivity index (χ1) is 5.29. The molecule has 1 aromatic heterocycles. The van der Waals surface area contributed by atoms with Crippen molar-refractivity contribution in [3.05, 3.63) is 24.5 Å². The normalized spacial score (nSPS) is 10.5. The number of nitrogen functional groups attached to an aromatic ring is 1. The Morgan fingerprint density at radius 3 is 2.91 bits per heavy atom. The number of aromatic hydroxyl groups is 1. The third-order valence-electron chi connectivity index (χ3n) is 1.64. The average Bonchev–Trinajstić information content (AvgIpc) is 2.45. The minimum atomic E-state index is 0.0625. The summed E-state index contributed by atoms with van der Waals surface area (Å²) in [6.07, 6.45) is 1.54. The van der Waals surface area contributed by atoms with Crippen molar-refractivity contribution >= 4 is 16.7 Å². The molecule has 0 unspecified atom stereocenters. The highest BCUT2D eigenvalue weighted by Gasteiger charge is 2.04. The van der Waals surface area contributed by atoms with Crippen molar-refractivity contribution in [2.75, 3.05) is 5.73 Å². The fourth-order valence-corrected chi connectivity index (χ4v) is 1.04. The lowest BCUT2D eigenvalue weighted by Crippen LogP contribution is -1.84. The maximum Gasteiger partial charge on any atom is 0.160 e. The van der Waals surface area contributed by atoms with Crippen LogP contribution in [0.15, 0.2) is 28.9 Å². The maximum atomic E-state index is 9.15. The Kier molecular flexibility index (Phi) is 1.06. The molecule has 2 aromatic rings. The molecule has 0 amide bonds. The molecule has 56 valence electrons. The highest BCUT2D eigenvalue weighted by atomic mass is 16.3. The van der Waals surface area contributed by atoms with Crippen LogP contribution in [0.5, 0.6) is 5.75 Å². The van der Waals surface area contributed by atoms with Crippen LogP contribution in [-0.4, -0.2) is 5.11 Å². The minimum absolute atomic E-state index is 0.0625. The van der Waals surface area contributed by atoms with Gasteiger partial charge in [-0.15, -0.1) is 0 Å².